The van der Waals surface area contributed by atoms with Crippen LogP contribution in [0.15, 0.2) is 36.7 Å². The molecule has 1 aromatic heterocycles. The number of rotatable bonds is 5. The summed E-state index contributed by atoms with van der Waals surface area (Å²) in [6, 6.07) is 8.83. The van der Waals surface area contributed by atoms with Crippen LogP contribution in [0.4, 0.5) is 0 Å². The highest BCUT2D eigenvalue weighted by molar-refractivity contribution is 5.43. The lowest BCUT2D eigenvalue weighted by Gasteiger charge is -2.17. The van der Waals surface area contributed by atoms with Gasteiger partial charge in [-0.05, 0) is 32.0 Å². The lowest BCUT2D eigenvalue weighted by molar-refractivity contribution is 0.646. The largest absolute Gasteiger partial charge is 0.313 e. The second-order valence-corrected chi connectivity index (χ2v) is 4.53. The summed E-state index contributed by atoms with van der Waals surface area (Å²) in [5, 5.41) is 3.30. The summed E-state index contributed by atoms with van der Waals surface area (Å²) < 4.78 is 2.20. The molecule has 1 N–H and O–H groups in total. The molecule has 0 aliphatic rings. The number of benzene rings is 1. The van der Waals surface area contributed by atoms with E-state index in [0.29, 0.717) is 6.04 Å². The zero-order valence-corrected chi connectivity index (χ0v) is 11.4. The third-order valence-corrected chi connectivity index (χ3v) is 3.29. The maximum absolute atomic E-state index is 4.45. The maximum Gasteiger partial charge on any atom is 0.113 e. The van der Waals surface area contributed by atoms with E-state index in [4.69, 9.17) is 0 Å². The second kappa shape index (κ2) is 5.83. The molecule has 96 valence electrons. The van der Waals surface area contributed by atoms with E-state index in [1.165, 1.54) is 11.3 Å². The number of nitrogens with one attached hydrogen (secondary N) is 1. The highest BCUT2D eigenvalue weighted by Crippen LogP contribution is 2.22. The molecule has 3 heteroatoms. The molecule has 1 aromatic carbocycles. The number of aromatic nitrogens is 2. The molecule has 1 heterocycles. The Morgan fingerprint density at radius 2 is 2.11 bits per heavy atom. The van der Waals surface area contributed by atoms with Gasteiger partial charge in [-0.3, -0.25) is 0 Å². The summed E-state index contributed by atoms with van der Waals surface area (Å²) in [4.78, 5) is 4.45. The Kier molecular flexibility index (Phi) is 4.15. The van der Waals surface area contributed by atoms with Gasteiger partial charge in [0.05, 0.1) is 5.69 Å². The van der Waals surface area contributed by atoms with Crippen molar-refractivity contribution in [3.8, 4) is 5.69 Å². The molecule has 0 fully saturated rings. The molecule has 2 rings (SSSR count). The van der Waals surface area contributed by atoms with Gasteiger partial charge >= 0.3 is 0 Å². The monoisotopic (exact) mass is 243 g/mol. The number of para-hydroxylation sites is 1. The molecule has 0 radical (unpaired) electrons. The third-order valence-electron chi connectivity index (χ3n) is 3.29. The molecular weight excluding hydrogens is 222 g/mol. The van der Waals surface area contributed by atoms with Gasteiger partial charge in [0.2, 0.25) is 0 Å². The van der Waals surface area contributed by atoms with Gasteiger partial charge in [-0.1, -0.05) is 25.1 Å². The predicted octanol–water partition coefficient (Wildman–Crippen LogP) is 3.11. The quantitative estimate of drug-likeness (QED) is 0.874. The Morgan fingerprint density at radius 3 is 2.83 bits per heavy atom. The Morgan fingerprint density at radius 1 is 1.33 bits per heavy atom. The molecule has 0 saturated carbocycles. The molecule has 0 spiro atoms. The molecule has 18 heavy (non-hydrogen) atoms. The normalized spacial score (nSPS) is 12.6. The van der Waals surface area contributed by atoms with E-state index in [-0.39, 0.29) is 0 Å². The molecule has 1 atom stereocenters. The molecule has 0 aliphatic carbocycles. The maximum atomic E-state index is 4.45. The molecule has 0 saturated heterocycles. The van der Waals surface area contributed by atoms with Crippen molar-refractivity contribution in [2.75, 3.05) is 7.05 Å². The molecule has 1 unspecified atom stereocenters. The Bertz CT molecular complexity index is 502. The fourth-order valence-corrected chi connectivity index (χ4v) is 2.19. The van der Waals surface area contributed by atoms with Gasteiger partial charge in [0.25, 0.3) is 0 Å². The average molecular weight is 243 g/mol. The van der Waals surface area contributed by atoms with Crippen LogP contribution >= 0.6 is 0 Å². The minimum absolute atomic E-state index is 0.332. The van der Waals surface area contributed by atoms with Crippen LogP contribution in [-0.2, 0) is 6.42 Å². The van der Waals surface area contributed by atoms with Gasteiger partial charge in [0.15, 0.2) is 0 Å². The third kappa shape index (κ3) is 2.46. The lowest BCUT2D eigenvalue weighted by atomic mass is 10.1. The molecular formula is C15H21N3. The van der Waals surface area contributed by atoms with Crippen LogP contribution < -0.4 is 5.32 Å². The molecule has 3 nitrogen and oxygen atoms in total. The van der Waals surface area contributed by atoms with Crippen LogP contribution in [0.3, 0.4) is 0 Å². The first kappa shape index (κ1) is 12.8. The van der Waals surface area contributed by atoms with Crippen molar-refractivity contribution in [2.45, 2.75) is 32.7 Å². The summed E-state index contributed by atoms with van der Waals surface area (Å²) in [5.74, 6) is 1.13. The van der Waals surface area contributed by atoms with Crippen LogP contribution in [0.1, 0.15) is 37.7 Å². The number of aryl methyl sites for hydroxylation is 1. The van der Waals surface area contributed by atoms with Gasteiger partial charge in [-0.15, -0.1) is 0 Å². The van der Waals surface area contributed by atoms with Gasteiger partial charge in [-0.2, -0.15) is 0 Å². The van der Waals surface area contributed by atoms with E-state index in [1.54, 1.807) is 0 Å². The highest BCUT2D eigenvalue weighted by atomic mass is 15.1. The van der Waals surface area contributed by atoms with E-state index in [9.17, 15) is 0 Å². The van der Waals surface area contributed by atoms with Crippen LogP contribution in [0, 0.1) is 0 Å². The van der Waals surface area contributed by atoms with Gasteiger partial charge in [0, 0.05) is 24.9 Å². The van der Waals surface area contributed by atoms with Crippen molar-refractivity contribution in [3.05, 3.63) is 48.0 Å². The van der Waals surface area contributed by atoms with E-state index in [0.717, 1.165) is 18.7 Å². The van der Waals surface area contributed by atoms with Crippen molar-refractivity contribution >= 4 is 0 Å². The van der Waals surface area contributed by atoms with Gasteiger partial charge in [-0.25, -0.2) is 4.98 Å². The standard InChI is InChI=1S/C15H21N3/c1-4-7-15-17-10-11-18(15)14-9-6-5-8-13(14)12(2)16-3/h5-6,8-12,16H,4,7H2,1-3H3. The zero-order chi connectivity index (χ0) is 13.0. The molecule has 0 bridgehead atoms. The van der Waals surface area contributed by atoms with Gasteiger partial charge in [0.1, 0.15) is 5.82 Å². The number of hydrogen-bond acceptors (Lipinski definition) is 2. The average Bonchev–Trinajstić information content (AvgIpc) is 2.86. The van der Waals surface area contributed by atoms with Crippen molar-refractivity contribution in [1.29, 1.82) is 0 Å². The highest BCUT2D eigenvalue weighted by Gasteiger charge is 2.12. The summed E-state index contributed by atoms with van der Waals surface area (Å²) in [6.45, 7) is 4.36. The minimum Gasteiger partial charge on any atom is -0.313 e. The fourth-order valence-electron chi connectivity index (χ4n) is 2.19. The fraction of sp³-hybridized carbons (Fsp3) is 0.400. The topological polar surface area (TPSA) is 29.9 Å². The first-order valence-corrected chi connectivity index (χ1v) is 6.56. The van der Waals surface area contributed by atoms with Crippen LogP contribution in [0.2, 0.25) is 0 Å². The Balaban J connectivity index is 2.46. The lowest BCUT2D eigenvalue weighted by Crippen LogP contribution is -2.15. The van der Waals surface area contributed by atoms with E-state index in [2.05, 4.69) is 53.0 Å². The molecule has 0 aliphatic heterocycles. The Hall–Kier alpha value is -1.61. The first-order chi connectivity index (χ1) is 8.77. The summed E-state index contributed by atoms with van der Waals surface area (Å²) >= 11 is 0. The summed E-state index contributed by atoms with van der Waals surface area (Å²) in [6.07, 6.45) is 6.05. The number of hydrogen-bond donors (Lipinski definition) is 1. The molecule has 2 aromatic rings. The summed E-state index contributed by atoms with van der Waals surface area (Å²) in [5.41, 5.74) is 2.52. The van der Waals surface area contributed by atoms with Crippen LogP contribution in [0.5, 0.6) is 0 Å². The minimum atomic E-state index is 0.332. The van der Waals surface area contributed by atoms with Crippen molar-refractivity contribution in [2.24, 2.45) is 0 Å². The van der Waals surface area contributed by atoms with Gasteiger partial charge < -0.3 is 9.88 Å². The van der Waals surface area contributed by atoms with E-state index >= 15 is 0 Å². The number of imidazole rings is 1. The smallest absolute Gasteiger partial charge is 0.113 e. The second-order valence-electron chi connectivity index (χ2n) is 4.53. The van der Waals surface area contributed by atoms with Crippen molar-refractivity contribution < 1.29 is 0 Å². The van der Waals surface area contributed by atoms with E-state index in [1.807, 2.05) is 19.4 Å². The number of nitrogens with zero attached hydrogens (tertiary/aromatic N) is 2. The SMILES string of the molecule is CCCc1nccn1-c1ccccc1C(C)NC. The van der Waals surface area contributed by atoms with E-state index < -0.39 is 0 Å². The predicted molar refractivity (Wildman–Crippen MR) is 75.0 cm³/mol. The Labute approximate surface area is 109 Å². The summed E-state index contributed by atoms with van der Waals surface area (Å²) in [7, 11) is 1.99. The van der Waals surface area contributed by atoms with Crippen LogP contribution in [0.25, 0.3) is 5.69 Å². The molecule has 0 amide bonds. The van der Waals surface area contributed by atoms with Crippen LogP contribution in [-0.4, -0.2) is 16.6 Å². The van der Waals surface area contributed by atoms with Crippen molar-refractivity contribution in [1.82, 2.24) is 14.9 Å². The van der Waals surface area contributed by atoms with Crippen molar-refractivity contribution in [3.63, 3.8) is 0 Å². The zero-order valence-electron chi connectivity index (χ0n) is 11.4. The first-order valence-electron chi connectivity index (χ1n) is 6.56.